The lowest BCUT2D eigenvalue weighted by molar-refractivity contribution is -0.125. The van der Waals surface area contributed by atoms with Crippen LogP contribution < -0.4 is 15.2 Å². The van der Waals surface area contributed by atoms with Crippen LogP contribution in [0.25, 0.3) is 10.9 Å². The number of hydrogen-bond donors (Lipinski definition) is 1. The van der Waals surface area contributed by atoms with E-state index in [0.717, 1.165) is 11.6 Å². The third-order valence-corrected chi connectivity index (χ3v) is 6.17. The number of fused-ring (bicyclic) bond motifs is 1. The molecule has 0 saturated carbocycles. The number of pyridine rings is 1. The molecule has 11 heteroatoms. The van der Waals surface area contributed by atoms with Gasteiger partial charge in [-0.15, -0.1) is 0 Å². The normalized spacial score (nSPS) is 14.9. The zero-order valence-electron chi connectivity index (χ0n) is 20.8. The lowest BCUT2D eigenvalue weighted by Gasteiger charge is -2.16. The van der Waals surface area contributed by atoms with Crippen LogP contribution in [0.3, 0.4) is 0 Å². The second kappa shape index (κ2) is 10.8. The highest BCUT2D eigenvalue weighted by Gasteiger charge is 2.30. The molecule has 1 aliphatic heterocycles. The summed E-state index contributed by atoms with van der Waals surface area (Å²) in [4.78, 5) is 18.1. The number of ether oxygens (including phenoxy) is 3. The van der Waals surface area contributed by atoms with Crippen molar-refractivity contribution in [1.29, 1.82) is 0 Å². The predicted molar refractivity (Wildman–Crippen MR) is 133 cm³/mol. The molecule has 194 valence electrons. The monoisotopic (exact) mass is 511 g/mol. The smallest absolute Gasteiger partial charge is 0.246 e. The molecule has 2 N–H and O–H groups in total. The molecule has 4 rings (SSSR count). The number of carbonyl (C=O) groups excluding carboxylic acids is 1. The van der Waals surface area contributed by atoms with E-state index in [1.807, 2.05) is 6.92 Å². The molecule has 2 aromatic heterocycles. The number of anilines is 1. The quantitative estimate of drug-likeness (QED) is 0.384. The number of aromatic nitrogens is 3. The van der Waals surface area contributed by atoms with E-state index in [0.29, 0.717) is 37.0 Å². The summed E-state index contributed by atoms with van der Waals surface area (Å²) in [5.74, 6) is 2.95. The standard InChI is InChI=1S/C26H27F2N5O4/c1-5-21(34)32-10-9-16(13-32)33-25-15(14-37-6-2)12-30-26(29)22(25)18(31-33)8-7-17-23(27)19(35-3)11-20(36-4)24(17)28/h5,11-12,16H,1,6,9-10,13-14H2,2-4H3,(H2,29,30). The van der Waals surface area contributed by atoms with Crippen molar-refractivity contribution in [3.05, 3.63) is 53.4 Å². The Hall–Kier alpha value is -4.17. The largest absolute Gasteiger partial charge is 0.493 e. The third-order valence-electron chi connectivity index (χ3n) is 6.17. The van der Waals surface area contributed by atoms with E-state index in [2.05, 4.69) is 28.5 Å². The highest BCUT2D eigenvalue weighted by atomic mass is 19.1. The van der Waals surface area contributed by atoms with Gasteiger partial charge in [0.25, 0.3) is 0 Å². The molecule has 37 heavy (non-hydrogen) atoms. The predicted octanol–water partition coefficient (Wildman–Crippen LogP) is 3.20. The summed E-state index contributed by atoms with van der Waals surface area (Å²) < 4.78 is 47.2. The molecule has 1 saturated heterocycles. The van der Waals surface area contributed by atoms with Crippen molar-refractivity contribution in [3.8, 4) is 23.3 Å². The third kappa shape index (κ3) is 4.80. The maximum atomic E-state index is 14.9. The number of carbonyl (C=O) groups is 1. The van der Waals surface area contributed by atoms with E-state index in [1.54, 1.807) is 15.8 Å². The Balaban J connectivity index is 1.89. The SMILES string of the molecule is C=CC(=O)N1CCC(n2nc(C#Cc3c(F)c(OC)cc(OC)c3F)c3c(N)ncc(COCC)c32)C1. The van der Waals surface area contributed by atoms with Crippen LogP contribution in [0.15, 0.2) is 24.9 Å². The van der Waals surface area contributed by atoms with E-state index in [1.165, 1.54) is 20.3 Å². The van der Waals surface area contributed by atoms with Crippen LogP contribution >= 0.6 is 0 Å². The summed E-state index contributed by atoms with van der Waals surface area (Å²) in [6.45, 7) is 7.09. The Labute approximate surface area is 212 Å². The Morgan fingerprint density at radius 1 is 1.27 bits per heavy atom. The zero-order chi connectivity index (χ0) is 26.7. The first-order chi connectivity index (χ1) is 17.8. The van der Waals surface area contributed by atoms with Crippen molar-refractivity contribution in [1.82, 2.24) is 19.7 Å². The van der Waals surface area contributed by atoms with Crippen LogP contribution in [-0.4, -0.2) is 59.5 Å². The number of amides is 1. The highest BCUT2D eigenvalue weighted by molar-refractivity contribution is 5.95. The number of likely N-dealkylation sites (tertiary alicyclic amines) is 1. The summed E-state index contributed by atoms with van der Waals surface area (Å²) in [6, 6.07) is 0.924. The minimum absolute atomic E-state index is 0.159. The fourth-order valence-electron chi connectivity index (χ4n) is 4.32. The molecule has 1 atom stereocenters. The van der Waals surface area contributed by atoms with E-state index in [-0.39, 0.29) is 41.6 Å². The number of hydrogen-bond acceptors (Lipinski definition) is 7. The average molecular weight is 512 g/mol. The molecule has 0 bridgehead atoms. The molecule has 1 amide bonds. The number of nitrogens with two attached hydrogens (primary N) is 1. The second-order valence-electron chi connectivity index (χ2n) is 8.29. The molecule has 1 unspecified atom stereocenters. The number of nitrogens with zero attached hydrogens (tertiary/aromatic N) is 4. The van der Waals surface area contributed by atoms with Gasteiger partial charge in [-0.25, -0.2) is 13.8 Å². The topological polar surface area (TPSA) is 105 Å². The van der Waals surface area contributed by atoms with Gasteiger partial charge in [0.15, 0.2) is 23.1 Å². The number of halogens is 2. The van der Waals surface area contributed by atoms with E-state index < -0.39 is 17.2 Å². The van der Waals surface area contributed by atoms with Crippen molar-refractivity contribution in [2.75, 3.05) is 39.6 Å². The molecule has 0 spiro atoms. The van der Waals surface area contributed by atoms with Gasteiger partial charge in [0.1, 0.15) is 17.1 Å². The second-order valence-corrected chi connectivity index (χ2v) is 8.29. The van der Waals surface area contributed by atoms with Gasteiger partial charge in [0.2, 0.25) is 5.91 Å². The number of rotatable bonds is 7. The van der Waals surface area contributed by atoms with Gasteiger partial charge in [-0.1, -0.05) is 12.5 Å². The van der Waals surface area contributed by atoms with Gasteiger partial charge in [-0.3, -0.25) is 9.48 Å². The van der Waals surface area contributed by atoms with Crippen molar-refractivity contribution in [3.63, 3.8) is 0 Å². The van der Waals surface area contributed by atoms with Crippen molar-refractivity contribution < 1.29 is 27.8 Å². The number of benzene rings is 1. The van der Waals surface area contributed by atoms with Crippen molar-refractivity contribution in [2.45, 2.75) is 26.0 Å². The van der Waals surface area contributed by atoms with E-state index >= 15 is 0 Å². The molecule has 9 nitrogen and oxygen atoms in total. The van der Waals surface area contributed by atoms with Crippen LogP contribution in [0.5, 0.6) is 11.5 Å². The Kier molecular flexibility index (Phi) is 7.59. The van der Waals surface area contributed by atoms with Crippen LogP contribution in [0.4, 0.5) is 14.6 Å². The summed E-state index contributed by atoms with van der Waals surface area (Å²) in [5, 5.41) is 5.12. The van der Waals surface area contributed by atoms with E-state index in [9.17, 15) is 13.6 Å². The highest BCUT2D eigenvalue weighted by Crippen LogP contribution is 2.33. The van der Waals surface area contributed by atoms with Crippen molar-refractivity contribution in [2.24, 2.45) is 0 Å². The van der Waals surface area contributed by atoms with Crippen LogP contribution in [0.1, 0.15) is 36.2 Å². The van der Waals surface area contributed by atoms with Crippen molar-refractivity contribution >= 4 is 22.6 Å². The zero-order valence-corrected chi connectivity index (χ0v) is 20.8. The molecule has 3 aromatic rings. The van der Waals surface area contributed by atoms with Gasteiger partial charge in [0.05, 0.1) is 37.8 Å². The van der Waals surface area contributed by atoms with Gasteiger partial charge in [-0.2, -0.15) is 5.10 Å². The summed E-state index contributed by atoms with van der Waals surface area (Å²) >= 11 is 0. The lowest BCUT2D eigenvalue weighted by Crippen LogP contribution is -2.27. The summed E-state index contributed by atoms with van der Waals surface area (Å²) in [5.41, 5.74) is 7.27. The molecule has 1 aliphatic rings. The average Bonchev–Trinajstić information content (AvgIpc) is 3.54. The first-order valence-electron chi connectivity index (χ1n) is 11.6. The fraction of sp³-hybridized carbons (Fsp3) is 0.346. The fourth-order valence-corrected chi connectivity index (χ4v) is 4.32. The molecular weight excluding hydrogens is 484 g/mol. The maximum Gasteiger partial charge on any atom is 0.246 e. The van der Waals surface area contributed by atoms with Crippen LogP contribution in [0.2, 0.25) is 0 Å². The molecular formula is C26H27F2N5O4. The first kappa shape index (κ1) is 25.9. The van der Waals surface area contributed by atoms with Gasteiger partial charge in [0, 0.05) is 37.5 Å². The molecule has 0 radical (unpaired) electrons. The number of nitrogen functional groups attached to an aromatic ring is 1. The summed E-state index contributed by atoms with van der Waals surface area (Å²) in [6.07, 6.45) is 3.51. The van der Waals surface area contributed by atoms with Crippen LogP contribution in [0, 0.1) is 23.5 Å². The Morgan fingerprint density at radius 2 is 1.97 bits per heavy atom. The maximum absolute atomic E-state index is 14.9. The minimum atomic E-state index is -0.963. The Bertz CT molecular complexity index is 1400. The minimum Gasteiger partial charge on any atom is -0.493 e. The van der Waals surface area contributed by atoms with Crippen LogP contribution in [-0.2, 0) is 16.1 Å². The lowest BCUT2D eigenvalue weighted by atomic mass is 10.1. The van der Waals surface area contributed by atoms with Gasteiger partial charge < -0.3 is 24.8 Å². The molecule has 1 fully saturated rings. The van der Waals surface area contributed by atoms with E-state index in [4.69, 9.17) is 19.9 Å². The Morgan fingerprint density at radius 3 is 2.59 bits per heavy atom. The first-order valence-corrected chi connectivity index (χ1v) is 11.6. The molecule has 3 heterocycles. The number of methoxy groups -OCH3 is 2. The van der Waals surface area contributed by atoms with Gasteiger partial charge in [-0.05, 0) is 25.3 Å². The van der Waals surface area contributed by atoms with Gasteiger partial charge >= 0.3 is 0 Å². The molecule has 1 aromatic carbocycles. The summed E-state index contributed by atoms with van der Waals surface area (Å²) in [7, 11) is 2.52. The molecule has 0 aliphatic carbocycles.